The Bertz CT molecular complexity index is 492. The van der Waals surface area contributed by atoms with E-state index in [-0.39, 0.29) is 11.2 Å². The Morgan fingerprint density at radius 3 is 2.05 bits per heavy atom. The van der Waals surface area contributed by atoms with E-state index in [0.717, 1.165) is 12.0 Å². The average Bonchev–Trinajstić information content (AvgIpc) is 2.32. The zero-order valence-electron chi connectivity index (χ0n) is 13.9. The van der Waals surface area contributed by atoms with E-state index in [1.165, 1.54) is 22.3 Å². The number of allylic oxidation sites excluding steroid dienone is 1. The van der Waals surface area contributed by atoms with Gasteiger partial charge in [-0.25, -0.2) is 0 Å². The zero-order chi connectivity index (χ0) is 15.5. The molecular weight excluding hydrogens is 244 g/mol. The van der Waals surface area contributed by atoms with Gasteiger partial charge in [0.2, 0.25) is 0 Å². The van der Waals surface area contributed by atoms with Crippen LogP contribution in [0.5, 0.6) is 0 Å². The van der Waals surface area contributed by atoms with Gasteiger partial charge < -0.3 is 0 Å². The number of carbonyl (C=O) groups is 1. The van der Waals surface area contributed by atoms with Gasteiger partial charge in [0.1, 0.15) is 5.78 Å². The average molecular weight is 272 g/mol. The Kier molecular flexibility index (Phi) is 5.33. The zero-order valence-corrected chi connectivity index (χ0v) is 13.9. The molecule has 0 saturated carbocycles. The second-order valence-electron chi connectivity index (χ2n) is 6.83. The van der Waals surface area contributed by atoms with E-state index < -0.39 is 0 Å². The summed E-state index contributed by atoms with van der Waals surface area (Å²) < 4.78 is 0. The molecule has 0 spiro atoms. The van der Waals surface area contributed by atoms with Crippen LogP contribution in [0, 0.1) is 13.8 Å². The summed E-state index contributed by atoms with van der Waals surface area (Å²) in [7, 11) is 0. The molecule has 110 valence electrons. The molecule has 0 unspecified atom stereocenters. The van der Waals surface area contributed by atoms with E-state index >= 15 is 0 Å². The van der Waals surface area contributed by atoms with Crippen molar-refractivity contribution < 1.29 is 4.79 Å². The van der Waals surface area contributed by atoms with Crippen molar-refractivity contribution in [1.29, 1.82) is 0 Å². The normalized spacial score (nSPS) is 11.5. The third-order valence-corrected chi connectivity index (χ3v) is 3.88. The Morgan fingerprint density at radius 1 is 1.15 bits per heavy atom. The highest BCUT2D eigenvalue weighted by molar-refractivity contribution is 5.83. The maximum atomic E-state index is 12.1. The Labute approximate surface area is 124 Å². The summed E-state index contributed by atoms with van der Waals surface area (Å²) in [5, 5.41) is 0. The first-order valence-electron chi connectivity index (χ1n) is 7.44. The molecule has 1 heteroatoms. The fourth-order valence-electron chi connectivity index (χ4n) is 2.37. The van der Waals surface area contributed by atoms with Crippen LogP contribution in [0.15, 0.2) is 24.3 Å². The van der Waals surface area contributed by atoms with Crippen molar-refractivity contribution in [3.63, 3.8) is 0 Å². The second-order valence-corrected chi connectivity index (χ2v) is 6.83. The minimum absolute atomic E-state index is 0.147. The van der Waals surface area contributed by atoms with Gasteiger partial charge in [-0.05, 0) is 47.9 Å². The van der Waals surface area contributed by atoms with Crippen molar-refractivity contribution >= 4 is 5.78 Å². The molecular formula is C19H28O. The highest BCUT2D eigenvalue weighted by Crippen LogP contribution is 2.27. The predicted molar refractivity (Wildman–Crippen MR) is 87.4 cm³/mol. The molecule has 0 aliphatic carbocycles. The number of carbonyl (C=O) groups excluding carboxylic acids is 1. The van der Waals surface area contributed by atoms with Crippen LogP contribution < -0.4 is 0 Å². The quantitative estimate of drug-likeness (QED) is 0.684. The van der Waals surface area contributed by atoms with Crippen LogP contribution >= 0.6 is 0 Å². The molecule has 0 aliphatic heterocycles. The van der Waals surface area contributed by atoms with Gasteiger partial charge in [-0.15, -0.1) is 0 Å². The third-order valence-electron chi connectivity index (χ3n) is 3.88. The van der Waals surface area contributed by atoms with E-state index in [1.807, 2.05) is 6.92 Å². The molecule has 0 aliphatic rings. The standard InChI is InChI=1S/C19H28O/c1-8-13(2)9-17(20)12-18-14(3)10-16(11-15(18)4)19(5,6)7/h10-11H,2,8-9,12H2,1,3-7H3. The summed E-state index contributed by atoms with van der Waals surface area (Å²) in [6, 6.07) is 4.45. The van der Waals surface area contributed by atoms with Crippen LogP contribution in [0.1, 0.15) is 62.8 Å². The van der Waals surface area contributed by atoms with Crippen LogP contribution in [0.2, 0.25) is 0 Å². The molecule has 0 radical (unpaired) electrons. The summed E-state index contributed by atoms with van der Waals surface area (Å²) in [6.45, 7) is 16.9. The molecule has 0 atom stereocenters. The Hall–Kier alpha value is -1.37. The van der Waals surface area contributed by atoms with Crippen molar-refractivity contribution in [2.75, 3.05) is 0 Å². The van der Waals surface area contributed by atoms with Gasteiger partial charge in [-0.2, -0.15) is 0 Å². The van der Waals surface area contributed by atoms with Gasteiger partial charge in [0.05, 0.1) is 0 Å². The van der Waals surface area contributed by atoms with Crippen LogP contribution in [0.4, 0.5) is 0 Å². The van der Waals surface area contributed by atoms with Crippen LogP contribution in [0.25, 0.3) is 0 Å². The van der Waals surface area contributed by atoms with Gasteiger partial charge in [0.25, 0.3) is 0 Å². The predicted octanol–water partition coefficient (Wildman–Crippen LogP) is 5.07. The van der Waals surface area contributed by atoms with Gasteiger partial charge in [0.15, 0.2) is 0 Å². The SMILES string of the molecule is C=C(CC)CC(=O)Cc1c(C)cc(C(C)(C)C)cc1C. The molecule has 0 amide bonds. The lowest BCUT2D eigenvalue weighted by Crippen LogP contribution is -2.14. The molecule has 0 bridgehead atoms. The molecule has 0 heterocycles. The third kappa shape index (κ3) is 4.33. The summed E-state index contributed by atoms with van der Waals surface area (Å²) in [4.78, 5) is 12.1. The maximum Gasteiger partial charge on any atom is 0.141 e. The lowest BCUT2D eigenvalue weighted by atomic mass is 9.83. The van der Waals surface area contributed by atoms with Crippen molar-refractivity contribution in [3.05, 3.63) is 46.5 Å². The molecule has 1 aromatic rings. The number of hydrogen-bond donors (Lipinski definition) is 0. The van der Waals surface area contributed by atoms with Gasteiger partial charge in [-0.3, -0.25) is 4.79 Å². The fraction of sp³-hybridized carbons (Fsp3) is 0.526. The molecule has 0 saturated heterocycles. The minimum Gasteiger partial charge on any atom is -0.299 e. The monoisotopic (exact) mass is 272 g/mol. The van der Waals surface area contributed by atoms with Crippen LogP contribution in [0.3, 0.4) is 0 Å². The molecule has 1 rings (SSSR count). The number of rotatable bonds is 5. The first-order valence-corrected chi connectivity index (χ1v) is 7.44. The molecule has 0 N–H and O–H groups in total. The largest absolute Gasteiger partial charge is 0.299 e. The number of Topliss-reactive ketones (excluding diaryl/α,β-unsaturated/α-hetero) is 1. The number of aryl methyl sites for hydroxylation is 2. The van der Waals surface area contributed by atoms with E-state index in [2.05, 4.69) is 53.3 Å². The van der Waals surface area contributed by atoms with E-state index in [9.17, 15) is 4.79 Å². The summed E-state index contributed by atoms with van der Waals surface area (Å²) in [5.74, 6) is 0.270. The van der Waals surface area contributed by atoms with Crippen LogP contribution in [-0.4, -0.2) is 5.78 Å². The Morgan fingerprint density at radius 2 is 1.65 bits per heavy atom. The minimum atomic E-state index is 0.147. The van der Waals surface area contributed by atoms with E-state index in [4.69, 9.17) is 0 Å². The fourth-order valence-corrected chi connectivity index (χ4v) is 2.37. The first-order chi connectivity index (χ1) is 9.15. The van der Waals surface area contributed by atoms with E-state index in [0.29, 0.717) is 12.8 Å². The molecule has 1 nitrogen and oxygen atoms in total. The second kappa shape index (κ2) is 6.39. The van der Waals surface area contributed by atoms with Crippen molar-refractivity contribution in [1.82, 2.24) is 0 Å². The highest BCUT2D eigenvalue weighted by Gasteiger charge is 2.17. The van der Waals surface area contributed by atoms with Crippen molar-refractivity contribution in [3.8, 4) is 0 Å². The van der Waals surface area contributed by atoms with Crippen molar-refractivity contribution in [2.45, 2.75) is 66.2 Å². The molecule has 1 aromatic carbocycles. The Balaban J connectivity index is 2.98. The van der Waals surface area contributed by atoms with Gasteiger partial charge in [0, 0.05) is 12.8 Å². The first kappa shape index (κ1) is 16.7. The highest BCUT2D eigenvalue weighted by atomic mass is 16.1. The number of benzene rings is 1. The van der Waals surface area contributed by atoms with E-state index in [1.54, 1.807) is 0 Å². The smallest absolute Gasteiger partial charge is 0.141 e. The molecule has 0 fully saturated rings. The topological polar surface area (TPSA) is 17.1 Å². The summed E-state index contributed by atoms with van der Waals surface area (Å²) in [5.41, 5.74) is 6.15. The molecule has 20 heavy (non-hydrogen) atoms. The molecule has 0 aromatic heterocycles. The number of ketones is 1. The summed E-state index contributed by atoms with van der Waals surface area (Å²) in [6.07, 6.45) is 1.92. The van der Waals surface area contributed by atoms with Crippen molar-refractivity contribution in [2.24, 2.45) is 0 Å². The summed E-state index contributed by atoms with van der Waals surface area (Å²) >= 11 is 0. The van der Waals surface area contributed by atoms with Crippen LogP contribution in [-0.2, 0) is 16.6 Å². The lowest BCUT2D eigenvalue weighted by molar-refractivity contribution is -0.117. The van der Waals surface area contributed by atoms with Gasteiger partial charge in [-0.1, -0.05) is 52.0 Å². The number of hydrogen-bond acceptors (Lipinski definition) is 1. The van der Waals surface area contributed by atoms with Gasteiger partial charge >= 0.3 is 0 Å². The maximum absolute atomic E-state index is 12.1. The lowest BCUT2D eigenvalue weighted by Gasteiger charge is -2.22.